The predicted molar refractivity (Wildman–Crippen MR) is 114 cm³/mol. The number of anilines is 1. The molecule has 2 aromatic carbocycles. The van der Waals surface area contributed by atoms with Gasteiger partial charge in [-0.2, -0.15) is 0 Å². The zero-order valence-corrected chi connectivity index (χ0v) is 18.3. The molecule has 0 saturated heterocycles. The number of carbonyl (C=O) groups excluding carboxylic acids is 1. The Hall–Kier alpha value is -2.62. The van der Waals surface area contributed by atoms with Crippen LogP contribution >= 0.6 is 35.0 Å². The highest BCUT2D eigenvalue weighted by Gasteiger charge is 2.15. The summed E-state index contributed by atoms with van der Waals surface area (Å²) in [6, 6.07) is 10.2. The van der Waals surface area contributed by atoms with Crippen molar-refractivity contribution >= 4 is 46.6 Å². The van der Waals surface area contributed by atoms with Gasteiger partial charge in [-0.3, -0.25) is 4.79 Å². The maximum absolute atomic E-state index is 12.3. The standard InChI is InChI=1S/C19H17Cl2N3O5S/c1-26-15-8-16(27-2)13(7-12(15)21)22-17(25)10-30-19-24-23-18(29-19)9-28-14-6-4-3-5-11(14)20/h3-8H,9-10H2,1-2H3,(H,22,25). The van der Waals surface area contributed by atoms with Crippen LogP contribution in [0, 0.1) is 0 Å². The van der Waals surface area contributed by atoms with Crippen LogP contribution in [0.3, 0.4) is 0 Å². The molecule has 0 fully saturated rings. The summed E-state index contributed by atoms with van der Waals surface area (Å²) < 4.78 is 21.4. The molecule has 3 aromatic rings. The summed E-state index contributed by atoms with van der Waals surface area (Å²) in [5.41, 5.74) is 0.424. The van der Waals surface area contributed by atoms with Crippen molar-refractivity contribution in [2.45, 2.75) is 11.8 Å². The number of benzene rings is 2. The zero-order valence-electron chi connectivity index (χ0n) is 16.0. The van der Waals surface area contributed by atoms with Crippen LogP contribution in [0.4, 0.5) is 5.69 Å². The van der Waals surface area contributed by atoms with Crippen LogP contribution in [0.15, 0.2) is 46.0 Å². The van der Waals surface area contributed by atoms with Gasteiger partial charge in [-0.25, -0.2) is 0 Å². The minimum atomic E-state index is -0.299. The van der Waals surface area contributed by atoms with Gasteiger partial charge in [0.05, 0.1) is 35.7 Å². The summed E-state index contributed by atoms with van der Waals surface area (Å²) in [6.45, 7) is 0.0606. The second-order valence-electron chi connectivity index (χ2n) is 5.70. The molecule has 1 amide bonds. The van der Waals surface area contributed by atoms with Gasteiger partial charge in [0.25, 0.3) is 11.1 Å². The largest absolute Gasteiger partial charge is 0.495 e. The molecule has 0 aliphatic carbocycles. The third-order valence-electron chi connectivity index (χ3n) is 3.71. The highest BCUT2D eigenvalue weighted by atomic mass is 35.5. The summed E-state index contributed by atoms with van der Waals surface area (Å²) >= 11 is 13.2. The molecule has 0 aliphatic heterocycles. The fourth-order valence-corrected chi connectivity index (χ4v) is 3.34. The molecule has 30 heavy (non-hydrogen) atoms. The number of nitrogens with zero attached hydrogens (tertiary/aromatic N) is 2. The van der Waals surface area contributed by atoms with Gasteiger partial charge < -0.3 is 23.9 Å². The Labute approximate surface area is 186 Å². The number of rotatable bonds is 9. The number of thioether (sulfide) groups is 1. The molecule has 0 unspecified atom stereocenters. The SMILES string of the molecule is COc1cc(OC)c(NC(=O)CSc2nnc(COc3ccccc3Cl)o2)cc1Cl. The van der Waals surface area contributed by atoms with Gasteiger partial charge in [0, 0.05) is 6.07 Å². The van der Waals surface area contributed by atoms with E-state index in [1.54, 1.807) is 36.4 Å². The lowest BCUT2D eigenvalue weighted by Gasteiger charge is -2.12. The molecule has 158 valence electrons. The minimum absolute atomic E-state index is 0.0415. The zero-order chi connectivity index (χ0) is 21.5. The summed E-state index contributed by atoms with van der Waals surface area (Å²) in [6.07, 6.45) is 0. The predicted octanol–water partition coefficient (Wildman–Crippen LogP) is 4.70. The van der Waals surface area contributed by atoms with Gasteiger partial charge in [-0.1, -0.05) is 47.1 Å². The molecule has 1 aromatic heterocycles. The summed E-state index contributed by atoms with van der Waals surface area (Å²) in [5.74, 6) is 1.38. The average Bonchev–Trinajstić information content (AvgIpc) is 3.20. The molecule has 8 nitrogen and oxygen atoms in total. The van der Waals surface area contributed by atoms with E-state index in [1.807, 2.05) is 0 Å². The quantitative estimate of drug-likeness (QED) is 0.450. The van der Waals surface area contributed by atoms with E-state index >= 15 is 0 Å². The monoisotopic (exact) mass is 469 g/mol. The lowest BCUT2D eigenvalue weighted by Crippen LogP contribution is -2.14. The van der Waals surface area contributed by atoms with E-state index in [0.29, 0.717) is 33.0 Å². The van der Waals surface area contributed by atoms with Gasteiger partial charge in [0.2, 0.25) is 5.91 Å². The van der Waals surface area contributed by atoms with Crippen LogP contribution in [0.5, 0.6) is 17.2 Å². The smallest absolute Gasteiger partial charge is 0.277 e. The fourth-order valence-electron chi connectivity index (χ4n) is 2.33. The molecule has 1 heterocycles. The van der Waals surface area contributed by atoms with E-state index in [9.17, 15) is 4.79 Å². The molecule has 11 heteroatoms. The highest BCUT2D eigenvalue weighted by molar-refractivity contribution is 7.99. The Morgan fingerprint density at radius 3 is 2.57 bits per heavy atom. The normalized spacial score (nSPS) is 10.5. The Kier molecular flexibility index (Phi) is 7.67. The van der Waals surface area contributed by atoms with E-state index < -0.39 is 0 Å². The number of hydrogen-bond donors (Lipinski definition) is 1. The number of methoxy groups -OCH3 is 2. The first-order valence-corrected chi connectivity index (χ1v) is 10.3. The minimum Gasteiger partial charge on any atom is -0.495 e. The van der Waals surface area contributed by atoms with E-state index in [-0.39, 0.29) is 29.4 Å². The van der Waals surface area contributed by atoms with Crippen LogP contribution in [-0.4, -0.2) is 36.1 Å². The van der Waals surface area contributed by atoms with Crippen molar-refractivity contribution in [3.8, 4) is 17.2 Å². The number of carbonyl (C=O) groups is 1. The molecule has 3 rings (SSSR count). The van der Waals surface area contributed by atoms with Crippen molar-refractivity contribution in [1.29, 1.82) is 0 Å². The second kappa shape index (κ2) is 10.4. The van der Waals surface area contributed by atoms with Gasteiger partial charge >= 0.3 is 0 Å². The number of hydrogen-bond acceptors (Lipinski definition) is 8. The first kappa shape index (κ1) is 22.1. The average molecular weight is 470 g/mol. The van der Waals surface area contributed by atoms with Gasteiger partial charge in [-0.15, -0.1) is 10.2 Å². The molecule has 0 radical (unpaired) electrons. The van der Waals surface area contributed by atoms with Crippen molar-refractivity contribution < 1.29 is 23.4 Å². The number of aromatic nitrogens is 2. The molecular formula is C19H17Cl2N3O5S. The van der Waals surface area contributed by atoms with Crippen molar-refractivity contribution in [2.24, 2.45) is 0 Å². The molecule has 0 spiro atoms. The summed E-state index contributed by atoms with van der Waals surface area (Å²) in [4.78, 5) is 12.3. The van der Waals surface area contributed by atoms with Gasteiger partial charge in [0.15, 0.2) is 6.61 Å². The van der Waals surface area contributed by atoms with Crippen molar-refractivity contribution in [3.05, 3.63) is 52.3 Å². The molecule has 1 N–H and O–H groups in total. The van der Waals surface area contributed by atoms with E-state index in [0.717, 1.165) is 11.8 Å². The van der Waals surface area contributed by atoms with E-state index in [1.165, 1.54) is 14.2 Å². The molecule has 0 bridgehead atoms. The first-order chi connectivity index (χ1) is 14.5. The fraction of sp³-hybridized carbons (Fsp3) is 0.211. The van der Waals surface area contributed by atoms with Crippen LogP contribution in [0.1, 0.15) is 5.89 Å². The third-order valence-corrected chi connectivity index (χ3v) is 5.14. The highest BCUT2D eigenvalue weighted by Crippen LogP contribution is 2.36. The number of halogens is 2. The Morgan fingerprint density at radius 1 is 1.07 bits per heavy atom. The topological polar surface area (TPSA) is 95.7 Å². The second-order valence-corrected chi connectivity index (χ2v) is 7.45. The molecule has 0 saturated carbocycles. The summed E-state index contributed by atoms with van der Waals surface area (Å²) in [5, 5.41) is 11.6. The maximum atomic E-state index is 12.3. The van der Waals surface area contributed by atoms with Crippen LogP contribution in [-0.2, 0) is 11.4 Å². The van der Waals surface area contributed by atoms with Gasteiger partial charge in [0.1, 0.15) is 17.2 Å². The molecule has 0 aliphatic rings. The molecular weight excluding hydrogens is 453 g/mol. The van der Waals surface area contributed by atoms with Crippen LogP contribution in [0.25, 0.3) is 0 Å². The number of ether oxygens (including phenoxy) is 3. The number of nitrogens with one attached hydrogen (secondary N) is 1. The third kappa shape index (κ3) is 5.71. The van der Waals surface area contributed by atoms with Gasteiger partial charge in [-0.05, 0) is 18.2 Å². The first-order valence-electron chi connectivity index (χ1n) is 8.54. The Balaban J connectivity index is 1.53. The van der Waals surface area contributed by atoms with Crippen LogP contribution < -0.4 is 19.5 Å². The molecule has 0 atom stereocenters. The van der Waals surface area contributed by atoms with Crippen molar-refractivity contribution in [1.82, 2.24) is 10.2 Å². The van der Waals surface area contributed by atoms with Crippen molar-refractivity contribution in [3.63, 3.8) is 0 Å². The van der Waals surface area contributed by atoms with Crippen molar-refractivity contribution in [2.75, 3.05) is 25.3 Å². The number of amides is 1. The summed E-state index contributed by atoms with van der Waals surface area (Å²) in [7, 11) is 2.98. The Morgan fingerprint density at radius 2 is 1.83 bits per heavy atom. The maximum Gasteiger partial charge on any atom is 0.277 e. The lowest BCUT2D eigenvalue weighted by molar-refractivity contribution is -0.113. The van der Waals surface area contributed by atoms with E-state index in [4.69, 9.17) is 41.8 Å². The van der Waals surface area contributed by atoms with E-state index in [2.05, 4.69) is 15.5 Å². The number of para-hydroxylation sites is 1. The Bertz CT molecular complexity index is 1030. The van der Waals surface area contributed by atoms with Crippen LogP contribution in [0.2, 0.25) is 10.0 Å². The lowest BCUT2D eigenvalue weighted by atomic mass is 10.2.